The van der Waals surface area contributed by atoms with Crippen LogP contribution < -0.4 is 0 Å². The molecule has 6 heteroatoms. The molecule has 2 N–H and O–H groups in total. The Labute approximate surface area is 72.3 Å². The maximum atomic E-state index is 10.3. The van der Waals surface area contributed by atoms with E-state index in [2.05, 4.69) is 0 Å². The fourth-order valence-electron chi connectivity index (χ4n) is 0.325. The van der Waals surface area contributed by atoms with Crippen LogP contribution in [0, 0.1) is 0 Å². The third-order valence-corrected chi connectivity index (χ3v) is 1.20. The van der Waals surface area contributed by atoms with Gasteiger partial charge in [0.15, 0.2) is 0 Å². The summed E-state index contributed by atoms with van der Waals surface area (Å²) in [6, 6.07) is 0. The second-order valence-electron chi connectivity index (χ2n) is 1.77. The molecule has 1 unspecified atom stereocenters. The molecule has 0 aliphatic rings. The highest BCUT2D eigenvalue weighted by Gasteiger charge is 2.11. The van der Waals surface area contributed by atoms with Gasteiger partial charge in [-0.3, -0.25) is 9.59 Å². The van der Waals surface area contributed by atoms with Crippen LogP contribution in [0.5, 0.6) is 0 Å². The minimum Gasteiger partial charge on any atom is -0.480 e. The summed E-state index contributed by atoms with van der Waals surface area (Å²) in [6.07, 6.45) is 1.40. The zero-order chi connectivity index (χ0) is 9.72. The molecule has 0 saturated carbocycles. The van der Waals surface area contributed by atoms with Crippen molar-refractivity contribution in [3.8, 4) is 0 Å². The van der Waals surface area contributed by atoms with E-state index in [1.54, 1.807) is 0 Å². The standard InChI is InChI=1S/C6H5ClO5/c7-3(5(9)10)1-2-4(8)6(11)12/h1-3H,(H,9,10)(H,11,12)/b2-1+. The number of carboxylic acids is 2. The molecule has 0 aliphatic carbocycles. The number of carbonyl (C=O) groups excluding carboxylic acids is 1. The second kappa shape index (κ2) is 4.50. The maximum absolute atomic E-state index is 10.3. The number of halogens is 1. The van der Waals surface area contributed by atoms with Gasteiger partial charge in [0.25, 0.3) is 5.78 Å². The first-order valence-corrected chi connectivity index (χ1v) is 3.21. The Morgan fingerprint density at radius 3 is 2.08 bits per heavy atom. The largest absolute Gasteiger partial charge is 0.480 e. The number of hydrogen-bond acceptors (Lipinski definition) is 3. The van der Waals surface area contributed by atoms with Crippen LogP contribution in [-0.2, 0) is 14.4 Å². The van der Waals surface area contributed by atoms with E-state index in [4.69, 9.17) is 21.8 Å². The molecule has 0 amide bonds. The SMILES string of the molecule is O=C(O)C(=O)/C=C/C(Cl)C(=O)O. The van der Waals surface area contributed by atoms with E-state index in [0.717, 1.165) is 6.08 Å². The molecule has 1 atom stereocenters. The van der Waals surface area contributed by atoms with Crippen molar-refractivity contribution in [2.45, 2.75) is 5.38 Å². The van der Waals surface area contributed by atoms with Gasteiger partial charge in [0.2, 0.25) is 0 Å². The van der Waals surface area contributed by atoms with Crippen molar-refractivity contribution >= 4 is 29.3 Å². The second-order valence-corrected chi connectivity index (χ2v) is 2.24. The molecule has 0 aromatic heterocycles. The summed E-state index contributed by atoms with van der Waals surface area (Å²) in [7, 11) is 0. The summed E-state index contributed by atoms with van der Waals surface area (Å²) in [5.41, 5.74) is 0. The van der Waals surface area contributed by atoms with Gasteiger partial charge >= 0.3 is 11.9 Å². The van der Waals surface area contributed by atoms with Crippen LogP contribution in [0.3, 0.4) is 0 Å². The molecule has 0 aromatic rings. The molecular formula is C6H5ClO5. The summed E-state index contributed by atoms with van der Waals surface area (Å²) in [6.45, 7) is 0. The topological polar surface area (TPSA) is 91.7 Å². The average molecular weight is 193 g/mol. The van der Waals surface area contributed by atoms with Crippen molar-refractivity contribution in [2.24, 2.45) is 0 Å². The van der Waals surface area contributed by atoms with Crippen molar-refractivity contribution in [3.63, 3.8) is 0 Å². The Kier molecular flexibility index (Phi) is 3.99. The van der Waals surface area contributed by atoms with E-state index >= 15 is 0 Å². The lowest BCUT2D eigenvalue weighted by Crippen LogP contribution is -2.13. The van der Waals surface area contributed by atoms with Gasteiger partial charge in [0, 0.05) is 0 Å². The molecular weight excluding hydrogens is 188 g/mol. The number of aliphatic carboxylic acids is 2. The number of ketones is 1. The first-order chi connectivity index (χ1) is 5.45. The highest BCUT2D eigenvalue weighted by Crippen LogP contribution is 1.97. The van der Waals surface area contributed by atoms with E-state index < -0.39 is 23.1 Å². The number of carboxylic acid groups (broad SMARTS) is 2. The number of rotatable bonds is 4. The van der Waals surface area contributed by atoms with Crippen molar-refractivity contribution in [3.05, 3.63) is 12.2 Å². The van der Waals surface area contributed by atoms with Gasteiger partial charge in [-0.2, -0.15) is 0 Å². The Morgan fingerprint density at radius 1 is 1.25 bits per heavy atom. The zero-order valence-corrected chi connectivity index (χ0v) is 6.49. The quantitative estimate of drug-likeness (QED) is 0.368. The third-order valence-electron chi connectivity index (χ3n) is 0.863. The Balaban J connectivity index is 4.16. The normalized spacial score (nSPS) is 12.8. The number of carbonyl (C=O) groups is 3. The molecule has 0 bridgehead atoms. The smallest absolute Gasteiger partial charge is 0.376 e. The van der Waals surface area contributed by atoms with E-state index in [1.807, 2.05) is 0 Å². The van der Waals surface area contributed by atoms with Crippen LogP contribution >= 0.6 is 11.6 Å². The lowest BCUT2D eigenvalue weighted by Gasteiger charge is -1.92. The van der Waals surface area contributed by atoms with Crippen LogP contribution in [0.4, 0.5) is 0 Å². The molecule has 5 nitrogen and oxygen atoms in total. The highest BCUT2D eigenvalue weighted by atomic mass is 35.5. The molecule has 0 aliphatic heterocycles. The van der Waals surface area contributed by atoms with Crippen LogP contribution in [0.15, 0.2) is 12.2 Å². The third kappa shape index (κ3) is 3.72. The molecule has 0 spiro atoms. The molecule has 0 aromatic carbocycles. The predicted octanol–water partition coefficient (Wildman–Crippen LogP) is -0.112. The molecule has 0 saturated heterocycles. The lowest BCUT2D eigenvalue weighted by atomic mass is 10.3. The first kappa shape index (κ1) is 10.6. The van der Waals surface area contributed by atoms with Gasteiger partial charge in [-0.1, -0.05) is 6.08 Å². The molecule has 0 radical (unpaired) electrons. The van der Waals surface area contributed by atoms with Crippen LogP contribution in [0.25, 0.3) is 0 Å². The molecule has 66 valence electrons. The van der Waals surface area contributed by atoms with Gasteiger partial charge in [-0.05, 0) is 6.08 Å². The van der Waals surface area contributed by atoms with Crippen LogP contribution in [0.1, 0.15) is 0 Å². The Hall–Kier alpha value is -1.36. The number of hydrogen-bond donors (Lipinski definition) is 2. The van der Waals surface area contributed by atoms with Crippen molar-refractivity contribution in [1.29, 1.82) is 0 Å². The van der Waals surface area contributed by atoms with E-state index in [9.17, 15) is 14.4 Å². The molecule has 12 heavy (non-hydrogen) atoms. The van der Waals surface area contributed by atoms with E-state index in [1.165, 1.54) is 0 Å². The summed E-state index contributed by atoms with van der Waals surface area (Å²) in [5.74, 6) is -4.20. The van der Waals surface area contributed by atoms with Gasteiger partial charge < -0.3 is 10.2 Å². The fourth-order valence-corrected chi connectivity index (χ4v) is 0.398. The van der Waals surface area contributed by atoms with Gasteiger partial charge in [0.05, 0.1) is 0 Å². The van der Waals surface area contributed by atoms with Crippen molar-refractivity contribution < 1.29 is 24.6 Å². The van der Waals surface area contributed by atoms with Crippen LogP contribution in [-0.4, -0.2) is 33.3 Å². The first-order valence-electron chi connectivity index (χ1n) is 2.77. The molecule has 0 fully saturated rings. The van der Waals surface area contributed by atoms with Crippen molar-refractivity contribution in [2.75, 3.05) is 0 Å². The molecule has 0 heterocycles. The summed E-state index contributed by atoms with van der Waals surface area (Å²) in [5, 5.41) is 14.9. The summed E-state index contributed by atoms with van der Waals surface area (Å²) >= 11 is 5.13. The molecule has 0 rings (SSSR count). The monoisotopic (exact) mass is 192 g/mol. The fraction of sp³-hybridized carbons (Fsp3) is 0.167. The summed E-state index contributed by atoms with van der Waals surface area (Å²) < 4.78 is 0. The summed E-state index contributed by atoms with van der Waals surface area (Å²) in [4.78, 5) is 30.3. The maximum Gasteiger partial charge on any atom is 0.376 e. The van der Waals surface area contributed by atoms with Crippen LogP contribution in [0.2, 0.25) is 0 Å². The Bertz CT molecular complexity index is 244. The van der Waals surface area contributed by atoms with E-state index in [-0.39, 0.29) is 0 Å². The number of alkyl halides is 1. The van der Waals surface area contributed by atoms with Gasteiger partial charge in [0.1, 0.15) is 5.38 Å². The zero-order valence-electron chi connectivity index (χ0n) is 5.73. The minimum atomic E-state index is -1.65. The minimum absolute atomic E-state index is 0.605. The lowest BCUT2D eigenvalue weighted by molar-refractivity contribution is -0.146. The van der Waals surface area contributed by atoms with E-state index in [0.29, 0.717) is 6.08 Å². The highest BCUT2D eigenvalue weighted by molar-refractivity contribution is 6.38. The van der Waals surface area contributed by atoms with Gasteiger partial charge in [-0.25, -0.2) is 4.79 Å². The predicted molar refractivity (Wildman–Crippen MR) is 39.1 cm³/mol. The van der Waals surface area contributed by atoms with Gasteiger partial charge in [-0.15, -0.1) is 11.6 Å². The van der Waals surface area contributed by atoms with Crippen molar-refractivity contribution in [1.82, 2.24) is 0 Å². The Morgan fingerprint density at radius 2 is 1.75 bits per heavy atom. The average Bonchev–Trinajstić information content (AvgIpc) is 1.98.